The standard InChI is InChI=1S/2C23H26B.Fe/c2*1-15-11-17(3)22(18(4)12-15)24(21-9-7-8-10-21)23-19(5)13-16(2)14-20(23)6;/h2*7-14H,1-6H3;. The van der Waals surface area contributed by atoms with Crippen molar-refractivity contribution in [2.45, 2.75) is 130 Å². The second kappa shape index (κ2) is 4.57. The van der Waals surface area contributed by atoms with Crippen LogP contribution in [0, 0.1) is 83.1 Å². The number of hydrogen-bond donors (Lipinski definition) is 0. The van der Waals surface area contributed by atoms with Crippen molar-refractivity contribution < 1.29 is 6.51 Å². The van der Waals surface area contributed by atoms with E-state index in [1.165, 1.54) is 41.5 Å². The summed E-state index contributed by atoms with van der Waals surface area (Å²) in [7, 11) is 0. The van der Waals surface area contributed by atoms with Crippen molar-refractivity contribution in [1.82, 2.24) is 0 Å². The molecule has 250 valence electrons. The van der Waals surface area contributed by atoms with E-state index in [9.17, 15) is 0 Å². The molecule has 0 nitrogen and oxygen atoms in total. The summed E-state index contributed by atoms with van der Waals surface area (Å²) in [5, 5.41) is 0. The van der Waals surface area contributed by atoms with Gasteiger partial charge in [-0.2, -0.15) is 0 Å². The average Bonchev–Trinajstić information content (AvgIpc) is 3.92. The molecule has 10 fully saturated rings. The third kappa shape index (κ3) is 0.867. The summed E-state index contributed by atoms with van der Waals surface area (Å²) in [6.45, 7) is 26.2. The van der Waals surface area contributed by atoms with Crippen LogP contribution < -0.4 is 21.9 Å². The predicted molar refractivity (Wildman–Crippen MR) is 208 cm³/mol. The molecule has 1 spiro atoms. The van der Waals surface area contributed by atoms with E-state index in [-0.39, 0.29) is 0 Å². The minimum absolute atomic E-state index is 0.612. The molecule has 14 rings (SSSR count). The van der Waals surface area contributed by atoms with E-state index in [1.807, 2.05) is 0 Å². The molecule has 8 unspecified atom stereocenters. The van der Waals surface area contributed by atoms with Gasteiger partial charge in [0.15, 0.2) is 0 Å². The van der Waals surface area contributed by atoms with Crippen LogP contribution >= 0.6 is 0 Å². The number of benzene rings is 4. The van der Waals surface area contributed by atoms with Gasteiger partial charge in [-0.3, -0.25) is 0 Å². The Kier molecular flexibility index (Phi) is 2.54. The van der Waals surface area contributed by atoms with Gasteiger partial charge in [0, 0.05) is 0 Å². The molecular formula is C46H52B2Fe. The fourth-order valence-corrected chi connectivity index (χ4v) is 104. The molecule has 0 aromatic heterocycles. The molecule has 0 N–H and O–H groups in total. The first kappa shape index (κ1) is 27.2. The number of aryl methyl sites for hydroxylation is 12. The van der Waals surface area contributed by atoms with E-state index in [0.29, 0.717) is 21.9 Å². The zero-order chi connectivity index (χ0) is 34.0. The Hall–Kier alpha value is -2.47. The van der Waals surface area contributed by atoms with Crippen LogP contribution in [0.15, 0.2) is 48.5 Å². The maximum absolute atomic E-state index is 4.22. The summed E-state index contributed by atoms with van der Waals surface area (Å²) < 4.78 is 1.28. The maximum atomic E-state index is 2.55. The molecule has 0 radical (unpaired) electrons. The van der Waals surface area contributed by atoms with Crippen LogP contribution in [0.1, 0.15) is 66.8 Å². The van der Waals surface area contributed by atoms with Crippen LogP contribution in [0.25, 0.3) is 0 Å². The molecule has 0 saturated carbocycles. The molecule has 0 amide bonds. The monoisotopic (exact) mass is 682 g/mol. The second-order valence-corrected chi connectivity index (χ2v) is 45.3. The van der Waals surface area contributed by atoms with Gasteiger partial charge in [-0.05, 0) is 0 Å². The first-order chi connectivity index (χ1) is 23.0. The Morgan fingerprint density at radius 2 is 0.531 bits per heavy atom. The number of rotatable bonds is 6. The van der Waals surface area contributed by atoms with Crippen molar-refractivity contribution in [2.75, 3.05) is 0 Å². The molecule has 4 aromatic rings. The molecule has 3 heteroatoms. The number of fused-ring (bicyclic) bond motifs is 10. The molecule has 10 heterocycles. The Morgan fingerprint density at radius 3 is 0.694 bits per heavy atom. The predicted octanol–water partition coefficient (Wildman–Crippen LogP) is 9.51. The van der Waals surface area contributed by atoms with Gasteiger partial charge in [-0.15, -0.1) is 0 Å². The molecule has 49 heavy (non-hydrogen) atoms. The van der Waals surface area contributed by atoms with E-state index >= 15 is 0 Å². The molecule has 8 atom stereocenters. The average molecular weight is 682 g/mol. The third-order valence-corrected chi connectivity index (χ3v) is 67.3. The first-order valence-electron chi connectivity index (χ1n) is 19.5. The van der Waals surface area contributed by atoms with Gasteiger partial charge in [0.25, 0.3) is 0 Å². The zero-order valence-electron chi connectivity index (χ0n) is 31.7. The summed E-state index contributed by atoms with van der Waals surface area (Å²) in [4.78, 5) is 9.42. The summed E-state index contributed by atoms with van der Waals surface area (Å²) >= 11 is 0. The van der Waals surface area contributed by atoms with Crippen LogP contribution in [0.3, 0.4) is 0 Å². The summed E-state index contributed by atoms with van der Waals surface area (Å²) in [6.07, 6.45) is 0. The quantitative estimate of drug-likeness (QED) is 0.178. The van der Waals surface area contributed by atoms with E-state index < -0.39 is 6.51 Å². The van der Waals surface area contributed by atoms with Crippen molar-refractivity contribution in [3.8, 4) is 0 Å². The van der Waals surface area contributed by atoms with Crippen LogP contribution in [0.2, 0.25) is 47.0 Å². The molecule has 10 aliphatic rings. The van der Waals surface area contributed by atoms with Gasteiger partial charge < -0.3 is 0 Å². The van der Waals surface area contributed by atoms with Gasteiger partial charge in [0.2, 0.25) is 0 Å². The fourth-order valence-electron chi connectivity index (χ4n) is 26.2. The van der Waals surface area contributed by atoms with Gasteiger partial charge in [-0.25, -0.2) is 0 Å². The molecule has 10 saturated heterocycles. The van der Waals surface area contributed by atoms with Crippen LogP contribution in [-0.4, -0.2) is 13.4 Å². The number of hydrogen-bond acceptors (Lipinski definition) is 0. The van der Waals surface area contributed by atoms with E-state index in [2.05, 4.69) is 132 Å². The third-order valence-electron chi connectivity index (χ3n) is 24.0. The topological polar surface area (TPSA) is 0 Å². The molecule has 0 aliphatic carbocycles. The minimum atomic E-state index is -4.22. The Bertz CT molecular complexity index is 2430. The summed E-state index contributed by atoms with van der Waals surface area (Å²) in [5.41, 5.74) is 25.5. The van der Waals surface area contributed by atoms with Crippen molar-refractivity contribution >= 4 is 35.3 Å². The van der Waals surface area contributed by atoms with Crippen molar-refractivity contribution in [3.05, 3.63) is 115 Å². The van der Waals surface area contributed by atoms with Crippen LogP contribution in [0.4, 0.5) is 0 Å². The van der Waals surface area contributed by atoms with Gasteiger partial charge in [-0.1, -0.05) is 0 Å². The fraction of sp³-hybridized carbons (Fsp3) is 0.478. The molecule has 10 aliphatic heterocycles. The zero-order valence-corrected chi connectivity index (χ0v) is 32.9. The van der Waals surface area contributed by atoms with E-state index in [0.717, 1.165) is 19.3 Å². The van der Waals surface area contributed by atoms with Crippen molar-refractivity contribution in [3.63, 3.8) is 0 Å². The Balaban J connectivity index is 1.11. The molecular weight excluding hydrogens is 630 g/mol. The van der Waals surface area contributed by atoms with Crippen LogP contribution in [-0.2, 0) is 6.51 Å². The normalized spacial score (nSPS) is 50.4. The van der Waals surface area contributed by atoms with Gasteiger partial charge >= 0.3 is 287 Å². The Morgan fingerprint density at radius 1 is 0.347 bits per heavy atom. The summed E-state index contributed by atoms with van der Waals surface area (Å²) in [6, 6.07) is 20.4. The Labute approximate surface area is 285 Å². The van der Waals surface area contributed by atoms with E-state index in [4.69, 9.17) is 0 Å². The molecule has 0 bridgehead atoms. The van der Waals surface area contributed by atoms with Crippen LogP contribution in [0.5, 0.6) is 0 Å². The van der Waals surface area contributed by atoms with Gasteiger partial charge in [0.05, 0.1) is 0 Å². The van der Waals surface area contributed by atoms with E-state index in [1.54, 1.807) is 66.4 Å². The first-order valence-corrected chi connectivity index (χ1v) is 25.7. The van der Waals surface area contributed by atoms with Crippen molar-refractivity contribution in [1.29, 1.82) is 0 Å². The summed E-state index contributed by atoms with van der Waals surface area (Å²) in [5.74, 6) is 0. The second-order valence-electron chi connectivity index (χ2n) is 22.0. The molecule has 4 aromatic carbocycles. The SMILES string of the molecule is Cc1cc(C)c(B(c2c(C)cc(C)cc2C)[C]23[CH]4[CH]5[CH]6[CH]2[Fe]56432789[CH]3[CH]2[CH]7[C]8(B(c2c(C)cc(C)cc2C)c2c(C)cc(C)cc2C)[CH]39)c(C)c1. The van der Waals surface area contributed by atoms with Gasteiger partial charge in [0.1, 0.15) is 0 Å². The van der Waals surface area contributed by atoms with Crippen molar-refractivity contribution in [2.24, 2.45) is 0 Å².